The van der Waals surface area contributed by atoms with Crippen LogP contribution in [0.3, 0.4) is 0 Å². The molecule has 12 heteroatoms. The van der Waals surface area contributed by atoms with Crippen LogP contribution in [0.4, 0.5) is 13.2 Å². The number of aryl methyl sites for hydroxylation is 1. The molecular formula is C22H24F3N5O4. The lowest BCUT2D eigenvalue weighted by Crippen LogP contribution is -2.32. The molecule has 0 saturated carbocycles. The van der Waals surface area contributed by atoms with Crippen molar-refractivity contribution in [1.82, 2.24) is 24.9 Å². The van der Waals surface area contributed by atoms with Crippen molar-refractivity contribution in [2.75, 3.05) is 19.8 Å². The zero-order chi connectivity index (χ0) is 24.0. The molecule has 0 radical (unpaired) electrons. The average Bonchev–Trinajstić information content (AvgIpc) is 3.49. The fourth-order valence-corrected chi connectivity index (χ4v) is 4.44. The maximum absolute atomic E-state index is 14.2. The molecule has 1 saturated heterocycles. The third kappa shape index (κ3) is 4.23. The standard InChI is InChI=1S/C22H24F3N5O4/c1-12-7-16-17(19-15(12)10-30(28-19)9-14-11-32-5-6-33-14)18(22(23,24)25)20(34-16)21(31)26-8-13-3-4-29(2)27-13/h3-4,10,12,14H,5-9,11H2,1-2H3,(H,26,31)/t12-,14-/m0/s1. The van der Waals surface area contributed by atoms with Crippen LogP contribution in [-0.4, -0.2) is 51.4 Å². The number of fused-ring (bicyclic) bond motifs is 3. The Hall–Kier alpha value is -3.12. The molecule has 2 aliphatic rings. The molecule has 9 nitrogen and oxygen atoms in total. The van der Waals surface area contributed by atoms with Gasteiger partial charge in [0.15, 0.2) is 0 Å². The normalized spacial score (nSPS) is 20.1. The highest BCUT2D eigenvalue weighted by atomic mass is 19.4. The minimum Gasteiger partial charge on any atom is -0.455 e. The average molecular weight is 479 g/mol. The molecule has 1 amide bonds. The zero-order valence-electron chi connectivity index (χ0n) is 18.7. The lowest BCUT2D eigenvalue weighted by molar-refractivity contribution is -0.137. The second-order valence-electron chi connectivity index (χ2n) is 8.59. The number of rotatable bonds is 5. The minimum atomic E-state index is -4.81. The highest BCUT2D eigenvalue weighted by Crippen LogP contribution is 2.48. The Morgan fingerprint density at radius 1 is 1.29 bits per heavy atom. The monoisotopic (exact) mass is 479 g/mol. The van der Waals surface area contributed by atoms with E-state index in [4.69, 9.17) is 13.9 Å². The number of amides is 1. The molecule has 0 bridgehead atoms. The van der Waals surface area contributed by atoms with Gasteiger partial charge in [0.25, 0.3) is 5.91 Å². The van der Waals surface area contributed by atoms with Crippen LogP contribution < -0.4 is 5.32 Å². The topological polar surface area (TPSA) is 96.3 Å². The van der Waals surface area contributed by atoms with Crippen LogP contribution in [0.1, 0.15) is 46.0 Å². The number of furan rings is 1. The van der Waals surface area contributed by atoms with Gasteiger partial charge in [-0.2, -0.15) is 23.4 Å². The lowest BCUT2D eigenvalue weighted by Gasteiger charge is -2.22. The van der Waals surface area contributed by atoms with Crippen LogP contribution in [-0.2, 0) is 42.2 Å². The second kappa shape index (κ2) is 8.58. The van der Waals surface area contributed by atoms with Crippen LogP contribution in [0, 0.1) is 0 Å². The smallest absolute Gasteiger partial charge is 0.420 e. The molecule has 182 valence electrons. The number of hydrogen-bond donors (Lipinski definition) is 1. The summed E-state index contributed by atoms with van der Waals surface area (Å²) in [6, 6.07) is 1.67. The summed E-state index contributed by atoms with van der Waals surface area (Å²) in [4.78, 5) is 12.8. The first-order valence-electron chi connectivity index (χ1n) is 11.0. The zero-order valence-corrected chi connectivity index (χ0v) is 18.7. The van der Waals surface area contributed by atoms with Crippen molar-refractivity contribution >= 4 is 5.91 Å². The molecule has 1 aliphatic carbocycles. The third-order valence-electron chi connectivity index (χ3n) is 5.99. The fourth-order valence-electron chi connectivity index (χ4n) is 4.44. The van der Waals surface area contributed by atoms with E-state index in [9.17, 15) is 18.0 Å². The van der Waals surface area contributed by atoms with Crippen molar-refractivity contribution in [2.24, 2.45) is 7.05 Å². The van der Waals surface area contributed by atoms with E-state index in [1.54, 1.807) is 30.2 Å². The number of ether oxygens (including phenoxy) is 2. The Kier molecular flexibility index (Phi) is 5.72. The number of nitrogens with one attached hydrogen (secondary N) is 1. The lowest BCUT2D eigenvalue weighted by atomic mass is 9.86. The predicted octanol–water partition coefficient (Wildman–Crippen LogP) is 2.90. The quantitative estimate of drug-likeness (QED) is 0.605. The molecule has 0 spiro atoms. The summed E-state index contributed by atoms with van der Waals surface area (Å²) in [7, 11) is 1.71. The molecule has 3 aromatic rings. The van der Waals surface area contributed by atoms with Crippen LogP contribution in [0.2, 0.25) is 0 Å². The number of carbonyl (C=O) groups is 1. The molecule has 1 aliphatic heterocycles. The Morgan fingerprint density at radius 2 is 2.12 bits per heavy atom. The molecule has 5 rings (SSSR count). The van der Waals surface area contributed by atoms with Crippen molar-refractivity contribution in [1.29, 1.82) is 0 Å². The highest BCUT2D eigenvalue weighted by molar-refractivity contribution is 5.96. The second-order valence-corrected chi connectivity index (χ2v) is 8.59. The SMILES string of the molecule is C[C@H]1Cc2oc(C(=O)NCc3ccn(C)n3)c(C(F)(F)F)c2-c2nn(C[C@H]3COCCO3)cc21. The Balaban J connectivity index is 1.49. The first kappa shape index (κ1) is 22.7. The van der Waals surface area contributed by atoms with Gasteiger partial charge in [-0.3, -0.25) is 14.2 Å². The van der Waals surface area contributed by atoms with Crippen molar-refractivity contribution in [3.8, 4) is 11.3 Å². The molecule has 1 N–H and O–H groups in total. The Labute approximate surface area is 192 Å². The van der Waals surface area contributed by atoms with E-state index in [0.717, 1.165) is 0 Å². The van der Waals surface area contributed by atoms with E-state index in [-0.39, 0.29) is 42.0 Å². The van der Waals surface area contributed by atoms with Gasteiger partial charge >= 0.3 is 6.18 Å². The number of halogens is 3. The minimum absolute atomic E-state index is 0.0257. The fraction of sp³-hybridized carbons (Fsp3) is 0.500. The molecule has 0 aromatic carbocycles. The van der Waals surface area contributed by atoms with Gasteiger partial charge in [0, 0.05) is 31.4 Å². The van der Waals surface area contributed by atoms with E-state index in [1.165, 1.54) is 4.68 Å². The molecule has 3 aromatic heterocycles. The molecule has 2 atom stereocenters. The summed E-state index contributed by atoms with van der Waals surface area (Å²) in [5, 5.41) is 11.1. The van der Waals surface area contributed by atoms with E-state index in [0.29, 0.717) is 37.6 Å². The van der Waals surface area contributed by atoms with Gasteiger partial charge < -0.3 is 19.2 Å². The third-order valence-corrected chi connectivity index (χ3v) is 5.99. The summed E-state index contributed by atoms with van der Waals surface area (Å²) in [5.74, 6) is -1.73. The Bertz CT molecular complexity index is 1210. The molecule has 1 fully saturated rings. The molecular weight excluding hydrogens is 455 g/mol. The maximum atomic E-state index is 14.2. The summed E-state index contributed by atoms with van der Waals surface area (Å²) < 4.78 is 62.4. The predicted molar refractivity (Wildman–Crippen MR) is 112 cm³/mol. The molecule has 34 heavy (non-hydrogen) atoms. The van der Waals surface area contributed by atoms with E-state index >= 15 is 0 Å². The van der Waals surface area contributed by atoms with Crippen molar-refractivity contribution in [3.05, 3.63) is 46.8 Å². The van der Waals surface area contributed by atoms with E-state index < -0.39 is 23.4 Å². The van der Waals surface area contributed by atoms with Crippen molar-refractivity contribution in [2.45, 2.75) is 44.6 Å². The summed E-state index contributed by atoms with van der Waals surface area (Å²) >= 11 is 0. The number of hydrogen-bond acceptors (Lipinski definition) is 6. The van der Waals surface area contributed by atoms with Gasteiger partial charge in [-0.15, -0.1) is 0 Å². The number of aromatic nitrogens is 4. The van der Waals surface area contributed by atoms with E-state index in [1.807, 2.05) is 6.92 Å². The first-order chi connectivity index (χ1) is 16.2. The van der Waals surface area contributed by atoms with Crippen molar-refractivity contribution < 1.29 is 31.9 Å². The summed E-state index contributed by atoms with van der Waals surface area (Å²) in [6.45, 7) is 3.59. The van der Waals surface area contributed by atoms with Gasteiger partial charge in [0.2, 0.25) is 5.76 Å². The number of carbonyl (C=O) groups excluding carboxylic acids is 1. The van der Waals surface area contributed by atoms with Gasteiger partial charge in [0.1, 0.15) is 17.4 Å². The van der Waals surface area contributed by atoms with Gasteiger partial charge in [-0.1, -0.05) is 6.92 Å². The summed E-state index contributed by atoms with van der Waals surface area (Å²) in [6.07, 6.45) is -1.39. The van der Waals surface area contributed by atoms with Gasteiger partial charge in [0.05, 0.1) is 49.9 Å². The van der Waals surface area contributed by atoms with Crippen LogP contribution in [0.5, 0.6) is 0 Å². The first-order valence-corrected chi connectivity index (χ1v) is 11.0. The molecule has 4 heterocycles. The maximum Gasteiger partial charge on any atom is 0.420 e. The highest BCUT2D eigenvalue weighted by Gasteiger charge is 2.46. The van der Waals surface area contributed by atoms with Crippen LogP contribution in [0.25, 0.3) is 11.3 Å². The number of alkyl halides is 3. The van der Waals surface area contributed by atoms with Crippen LogP contribution in [0.15, 0.2) is 22.9 Å². The van der Waals surface area contributed by atoms with E-state index in [2.05, 4.69) is 15.5 Å². The van der Waals surface area contributed by atoms with Crippen LogP contribution >= 0.6 is 0 Å². The summed E-state index contributed by atoms with van der Waals surface area (Å²) in [5.41, 5.74) is 0.116. The van der Waals surface area contributed by atoms with Crippen molar-refractivity contribution in [3.63, 3.8) is 0 Å². The van der Waals surface area contributed by atoms with Gasteiger partial charge in [-0.25, -0.2) is 0 Å². The molecule has 0 unspecified atom stereocenters. The largest absolute Gasteiger partial charge is 0.455 e. The Morgan fingerprint density at radius 3 is 2.79 bits per heavy atom. The van der Waals surface area contributed by atoms with Gasteiger partial charge in [-0.05, 0) is 12.0 Å². The number of nitrogens with zero attached hydrogens (tertiary/aromatic N) is 4.